The summed E-state index contributed by atoms with van der Waals surface area (Å²) in [5, 5.41) is 0. The molecule has 0 amide bonds. The number of hydrogen-bond acceptors (Lipinski definition) is 4. The number of rotatable bonds is 7. The molecule has 1 aromatic carbocycles. The van der Waals surface area contributed by atoms with Crippen LogP contribution >= 0.6 is 28.3 Å². The average Bonchev–Trinajstić information content (AvgIpc) is 2.54. The molecule has 24 heavy (non-hydrogen) atoms. The van der Waals surface area contributed by atoms with E-state index in [0.717, 1.165) is 49.1 Å². The van der Waals surface area contributed by atoms with E-state index in [1.807, 2.05) is 13.0 Å². The molecule has 0 bridgehead atoms. The van der Waals surface area contributed by atoms with Crippen LogP contribution in [0.4, 0.5) is 0 Å². The lowest BCUT2D eigenvalue weighted by atomic mass is 9.97. The van der Waals surface area contributed by atoms with Crippen molar-refractivity contribution in [1.29, 1.82) is 0 Å². The molecule has 0 unspecified atom stereocenters. The summed E-state index contributed by atoms with van der Waals surface area (Å²) in [6.07, 6.45) is 2.80. The van der Waals surface area contributed by atoms with Crippen molar-refractivity contribution < 1.29 is 14.3 Å². The van der Waals surface area contributed by atoms with Crippen molar-refractivity contribution in [1.82, 2.24) is 4.90 Å². The van der Waals surface area contributed by atoms with Gasteiger partial charge in [0, 0.05) is 6.54 Å². The van der Waals surface area contributed by atoms with Crippen LogP contribution in [0.3, 0.4) is 0 Å². The molecule has 1 aliphatic rings. The number of carbonyl (C=O) groups is 1. The molecule has 136 valence electrons. The number of piperidine rings is 1. The molecule has 1 heterocycles. The third-order valence-electron chi connectivity index (χ3n) is 4.17. The highest BCUT2D eigenvalue weighted by Crippen LogP contribution is 2.26. The van der Waals surface area contributed by atoms with Gasteiger partial charge < -0.3 is 14.4 Å². The Kier molecular flexibility index (Phi) is 9.71. The molecular weight excluding hydrogens is 394 g/mol. The van der Waals surface area contributed by atoms with Crippen LogP contribution in [-0.2, 0) is 9.53 Å². The Hall–Kier alpha value is -0.780. The summed E-state index contributed by atoms with van der Waals surface area (Å²) in [7, 11) is 0. The topological polar surface area (TPSA) is 38.8 Å². The van der Waals surface area contributed by atoms with Gasteiger partial charge in [0.05, 0.1) is 23.6 Å². The molecule has 2 rings (SSSR count). The molecule has 4 nitrogen and oxygen atoms in total. The van der Waals surface area contributed by atoms with Gasteiger partial charge in [0.25, 0.3) is 0 Å². The molecule has 0 atom stereocenters. The summed E-state index contributed by atoms with van der Waals surface area (Å²) in [5.74, 6) is 0.960. The zero-order valence-corrected chi connectivity index (χ0v) is 16.8. The molecule has 0 spiro atoms. The van der Waals surface area contributed by atoms with Crippen molar-refractivity contribution in [3.63, 3.8) is 0 Å². The van der Waals surface area contributed by atoms with E-state index in [0.29, 0.717) is 13.2 Å². The first-order valence-corrected chi connectivity index (χ1v) is 9.17. The van der Waals surface area contributed by atoms with Crippen molar-refractivity contribution in [3.8, 4) is 5.75 Å². The third-order valence-corrected chi connectivity index (χ3v) is 4.79. The van der Waals surface area contributed by atoms with Crippen LogP contribution in [0.15, 0.2) is 22.7 Å². The highest BCUT2D eigenvalue weighted by Gasteiger charge is 2.25. The standard InChI is InChI=1S/C18H26BrNO3.ClH/c1-3-22-18(21)15-7-10-20(11-8-15)9-4-12-23-17-6-5-14(2)13-16(17)19;/h5-6,13,15H,3-4,7-12H2,1-2H3;1H. The molecule has 1 aliphatic heterocycles. The largest absolute Gasteiger partial charge is 0.492 e. The first-order chi connectivity index (χ1) is 11.1. The Labute approximate surface area is 159 Å². The molecule has 6 heteroatoms. The fourth-order valence-electron chi connectivity index (χ4n) is 2.85. The molecule has 0 saturated carbocycles. The zero-order valence-electron chi connectivity index (χ0n) is 14.4. The summed E-state index contributed by atoms with van der Waals surface area (Å²) < 4.78 is 11.9. The number of hydrogen-bond donors (Lipinski definition) is 0. The van der Waals surface area contributed by atoms with E-state index in [9.17, 15) is 4.79 Å². The number of aryl methyl sites for hydroxylation is 1. The second-order valence-electron chi connectivity index (χ2n) is 6.00. The van der Waals surface area contributed by atoms with Crippen LogP contribution in [0, 0.1) is 12.8 Å². The number of carbonyl (C=O) groups excluding carboxylic acids is 1. The Balaban J connectivity index is 0.00000288. The second kappa shape index (κ2) is 11.0. The quantitative estimate of drug-likeness (QED) is 0.489. The molecule has 0 aliphatic carbocycles. The van der Waals surface area contributed by atoms with Gasteiger partial charge in [0.1, 0.15) is 5.75 Å². The summed E-state index contributed by atoms with van der Waals surface area (Å²) in [5.41, 5.74) is 1.22. The van der Waals surface area contributed by atoms with Crippen molar-refractivity contribution in [3.05, 3.63) is 28.2 Å². The molecule has 0 radical (unpaired) electrons. The van der Waals surface area contributed by atoms with E-state index in [1.165, 1.54) is 5.56 Å². The smallest absolute Gasteiger partial charge is 0.309 e. The first kappa shape index (κ1) is 21.3. The summed E-state index contributed by atoms with van der Waals surface area (Å²) in [6.45, 7) is 8.06. The van der Waals surface area contributed by atoms with Crippen LogP contribution in [-0.4, -0.2) is 43.7 Å². The van der Waals surface area contributed by atoms with Crippen LogP contribution in [0.25, 0.3) is 0 Å². The molecule has 0 aromatic heterocycles. The van der Waals surface area contributed by atoms with E-state index >= 15 is 0 Å². The number of esters is 1. The van der Waals surface area contributed by atoms with Gasteiger partial charge in [-0.1, -0.05) is 6.07 Å². The molecule has 1 fully saturated rings. The maximum absolute atomic E-state index is 11.7. The van der Waals surface area contributed by atoms with Crippen LogP contribution < -0.4 is 4.74 Å². The maximum Gasteiger partial charge on any atom is 0.309 e. The molecule has 1 saturated heterocycles. The number of likely N-dealkylation sites (tertiary alicyclic amines) is 1. The SMILES string of the molecule is CCOC(=O)C1CCN(CCCOc2ccc(C)cc2Br)CC1.Cl. The number of nitrogens with zero attached hydrogens (tertiary/aromatic N) is 1. The third kappa shape index (κ3) is 6.61. The Bertz CT molecular complexity index is 519. The highest BCUT2D eigenvalue weighted by molar-refractivity contribution is 9.10. The van der Waals surface area contributed by atoms with E-state index in [-0.39, 0.29) is 24.3 Å². The van der Waals surface area contributed by atoms with Gasteiger partial charge in [-0.05, 0) is 79.8 Å². The van der Waals surface area contributed by atoms with Gasteiger partial charge in [-0.15, -0.1) is 12.4 Å². The fraction of sp³-hybridized carbons (Fsp3) is 0.611. The van der Waals surface area contributed by atoms with Crippen molar-refractivity contribution in [2.75, 3.05) is 32.8 Å². The van der Waals surface area contributed by atoms with E-state index in [1.54, 1.807) is 0 Å². The minimum absolute atomic E-state index is 0. The number of halogens is 2. The predicted octanol–water partition coefficient (Wildman–Crippen LogP) is 4.22. The van der Waals surface area contributed by atoms with Crippen molar-refractivity contribution in [2.24, 2.45) is 5.92 Å². The molecule has 0 N–H and O–H groups in total. The minimum atomic E-state index is -0.0281. The minimum Gasteiger partial charge on any atom is -0.492 e. The Morgan fingerprint density at radius 1 is 1.33 bits per heavy atom. The summed E-state index contributed by atoms with van der Waals surface area (Å²) >= 11 is 3.53. The van der Waals surface area contributed by atoms with E-state index in [4.69, 9.17) is 9.47 Å². The molecular formula is C18H27BrClNO3. The highest BCUT2D eigenvalue weighted by atomic mass is 79.9. The van der Waals surface area contributed by atoms with E-state index in [2.05, 4.69) is 39.9 Å². The fourth-order valence-corrected chi connectivity index (χ4v) is 3.45. The first-order valence-electron chi connectivity index (χ1n) is 8.38. The number of benzene rings is 1. The van der Waals surface area contributed by atoms with Gasteiger partial charge in [0.2, 0.25) is 0 Å². The maximum atomic E-state index is 11.7. The van der Waals surface area contributed by atoms with Gasteiger partial charge in [-0.3, -0.25) is 4.79 Å². The Morgan fingerprint density at radius 2 is 2.04 bits per heavy atom. The van der Waals surface area contributed by atoms with Crippen molar-refractivity contribution >= 4 is 34.3 Å². The lowest BCUT2D eigenvalue weighted by molar-refractivity contribution is -0.149. The monoisotopic (exact) mass is 419 g/mol. The van der Waals surface area contributed by atoms with Crippen LogP contribution in [0.5, 0.6) is 5.75 Å². The summed E-state index contributed by atoms with van der Waals surface area (Å²) in [4.78, 5) is 14.1. The average molecular weight is 421 g/mol. The lowest BCUT2D eigenvalue weighted by Crippen LogP contribution is -2.37. The van der Waals surface area contributed by atoms with Crippen molar-refractivity contribution in [2.45, 2.75) is 33.1 Å². The van der Waals surface area contributed by atoms with Crippen LogP contribution in [0.1, 0.15) is 31.7 Å². The molecule has 1 aromatic rings. The van der Waals surface area contributed by atoms with Gasteiger partial charge in [-0.25, -0.2) is 0 Å². The number of ether oxygens (including phenoxy) is 2. The normalized spacial score (nSPS) is 15.6. The lowest BCUT2D eigenvalue weighted by Gasteiger charge is -2.30. The summed E-state index contributed by atoms with van der Waals surface area (Å²) in [6, 6.07) is 6.12. The Morgan fingerprint density at radius 3 is 2.67 bits per heavy atom. The zero-order chi connectivity index (χ0) is 16.7. The van der Waals surface area contributed by atoms with E-state index < -0.39 is 0 Å². The van der Waals surface area contributed by atoms with Gasteiger partial charge in [0.15, 0.2) is 0 Å². The second-order valence-corrected chi connectivity index (χ2v) is 6.86. The van der Waals surface area contributed by atoms with Gasteiger partial charge in [-0.2, -0.15) is 0 Å². The van der Waals surface area contributed by atoms with Crippen LogP contribution in [0.2, 0.25) is 0 Å². The van der Waals surface area contributed by atoms with Gasteiger partial charge >= 0.3 is 5.97 Å². The predicted molar refractivity (Wildman–Crippen MR) is 102 cm³/mol.